The Labute approximate surface area is 188 Å². The van der Waals surface area contributed by atoms with E-state index in [-0.39, 0.29) is 42.3 Å². The molecule has 0 unspecified atom stereocenters. The Morgan fingerprint density at radius 3 is 2.52 bits per heavy atom. The molecule has 0 aliphatic heterocycles. The number of benzene rings is 2. The molecule has 2 aromatic rings. The maximum atomic E-state index is 12.9. The predicted molar refractivity (Wildman–Crippen MR) is 124 cm³/mol. The molecule has 0 aromatic heterocycles. The van der Waals surface area contributed by atoms with E-state index in [1.807, 2.05) is 31.2 Å². The largest absolute Gasteiger partial charge is 0.484 e. The average molecular weight is 514 g/mol. The molecule has 0 saturated carbocycles. The number of amides is 1. The number of carbonyl (C=O) groups is 1. The number of rotatable bonds is 9. The lowest BCUT2D eigenvalue weighted by atomic mass is 10.1. The molecule has 0 aliphatic carbocycles. The van der Waals surface area contributed by atoms with Gasteiger partial charge < -0.3 is 20.7 Å². The van der Waals surface area contributed by atoms with Gasteiger partial charge in [0.25, 0.3) is 5.91 Å². The van der Waals surface area contributed by atoms with E-state index >= 15 is 0 Å². The van der Waals surface area contributed by atoms with Crippen LogP contribution in [0.3, 0.4) is 0 Å². The first-order valence-electron chi connectivity index (χ1n) is 9.28. The van der Waals surface area contributed by atoms with Crippen LogP contribution in [-0.2, 0) is 17.8 Å². The van der Waals surface area contributed by atoms with Crippen molar-refractivity contribution in [1.82, 2.24) is 16.0 Å². The van der Waals surface area contributed by atoms with E-state index in [0.29, 0.717) is 31.3 Å². The number of guanidine groups is 1. The van der Waals surface area contributed by atoms with Gasteiger partial charge in [0.05, 0.1) is 0 Å². The van der Waals surface area contributed by atoms with Gasteiger partial charge in [-0.2, -0.15) is 0 Å². The topological polar surface area (TPSA) is 74.8 Å². The molecule has 158 valence electrons. The van der Waals surface area contributed by atoms with E-state index in [1.165, 1.54) is 12.1 Å². The van der Waals surface area contributed by atoms with Crippen molar-refractivity contribution in [2.24, 2.45) is 4.99 Å². The highest BCUT2D eigenvalue weighted by Gasteiger charge is 2.03. The minimum Gasteiger partial charge on any atom is -0.484 e. The van der Waals surface area contributed by atoms with Crippen LogP contribution in [0.2, 0.25) is 0 Å². The molecule has 1 amide bonds. The molecule has 29 heavy (non-hydrogen) atoms. The van der Waals surface area contributed by atoms with Crippen molar-refractivity contribution < 1.29 is 13.9 Å². The molecule has 2 aromatic carbocycles. The quantitative estimate of drug-likeness (QED) is 0.274. The lowest BCUT2D eigenvalue weighted by Crippen LogP contribution is -2.37. The van der Waals surface area contributed by atoms with E-state index < -0.39 is 0 Å². The Bertz CT molecular complexity index is 785. The highest BCUT2D eigenvalue weighted by molar-refractivity contribution is 14.0. The van der Waals surface area contributed by atoms with E-state index in [1.54, 1.807) is 19.2 Å². The third kappa shape index (κ3) is 9.60. The second kappa shape index (κ2) is 13.8. The second-order valence-electron chi connectivity index (χ2n) is 6.12. The summed E-state index contributed by atoms with van der Waals surface area (Å²) < 4.78 is 18.4. The van der Waals surface area contributed by atoms with E-state index in [4.69, 9.17) is 4.74 Å². The average Bonchev–Trinajstić information content (AvgIpc) is 2.71. The molecule has 0 atom stereocenters. The fourth-order valence-corrected chi connectivity index (χ4v) is 2.53. The van der Waals surface area contributed by atoms with Gasteiger partial charge in [0.1, 0.15) is 11.6 Å². The number of nitrogens with zero attached hydrogens (tertiary/aromatic N) is 1. The third-order valence-electron chi connectivity index (χ3n) is 3.95. The number of hydrogen-bond acceptors (Lipinski definition) is 3. The number of aliphatic imine (C=N–C) groups is 1. The maximum absolute atomic E-state index is 12.9. The number of ether oxygens (including phenoxy) is 1. The van der Waals surface area contributed by atoms with Gasteiger partial charge in [-0.15, -0.1) is 24.0 Å². The first kappa shape index (κ1) is 24.7. The smallest absolute Gasteiger partial charge is 0.257 e. The summed E-state index contributed by atoms with van der Waals surface area (Å²) >= 11 is 0. The Morgan fingerprint density at radius 1 is 1.07 bits per heavy atom. The summed E-state index contributed by atoms with van der Waals surface area (Å²) in [5.41, 5.74) is 2.07. The molecule has 0 saturated heterocycles. The summed E-state index contributed by atoms with van der Waals surface area (Å²) in [7, 11) is 1.71. The lowest BCUT2D eigenvalue weighted by Gasteiger charge is -2.13. The SMILES string of the molecule is CCNC(=O)COc1cccc(CNC(=NC)NCCc2ccc(F)cc2)c1.I. The fourth-order valence-electron chi connectivity index (χ4n) is 2.53. The number of halogens is 2. The van der Waals surface area contributed by atoms with E-state index in [9.17, 15) is 9.18 Å². The van der Waals surface area contributed by atoms with Crippen LogP contribution in [0.1, 0.15) is 18.1 Å². The van der Waals surface area contributed by atoms with Crippen molar-refractivity contribution in [3.63, 3.8) is 0 Å². The lowest BCUT2D eigenvalue weighted by molar-refractivity contribution is -0.122. The van der Waals surface area contributed by atoms with Gasteiger partial charge in [0, 0.05) is 26.7 Å². The Balaban J connectivity index is 0.00000420. The van der Waals surface area contributed by atoms with Gasteiger partial charge in [-0.05, 0) is 48.7 Å². The molecular formula is C21H28FIN4O2. The molecular weight excluding hydrogens is 486 g/mol. The van der Waals surface area contributed by atoms with Crippen LogP contribution in [0.5, 0.6) is 5.75 Å². The fraction of sp³-hybridized carbons (Fsp3) is 0.333. The summed E-state index contributed by atoms with van der Waals surface area (Å²) in [6.45, 7) is 3.69. The van der Waals surface area contributed by atoms with Gasteiger partial charge in [0.2, 0.25) is 0 Å². The first-order chi connectivity index (χ1) is 13.6. The molecule has 0 bridgehead atoms. The van der Waals surface area contributed by atoms with Crippen molar-refractivity contribution in [2.45, 2.75) is 19.9 Å². The van der Waals surface area contributed by atoms with Crippen LogP contribution in [0.25, 0.3) is 0 Å². The summed E-state index contributed by atoms with van der Waals surface area (Å²) in [5.74, 6) is 0.948. The number of carbonyl (C=O) groups excluding carboxylic acids is 1. The summed E-state index contributed by atoms with van der Waals surface area (Å²) in [5, 5.41) is 9.16. The van der Waals surface area contributed by atoms with Gasteiger partial charge in [-0.1, -0.05) is 24.3 Å². The standard InChI is InChI=1S/C21H27FN4O2.HI/c1-3-24-20(27)15-28-19-6-4-5-17(13-19)14-26-21(23-2)25-12-11-16-7-9-18(22)10-8-16;/h4-10,13H,3,11-12,14-15H2,1-2H3,(H,24,27)(H2,23,25,26);1H. The molecule has 8 heteroatoms. The predicted octanol–water partition coefficient (Wildman–Crippen LogP) is 2.87. The van der Waals surface area contributed by atoms with Gasteiger partial charge in [0.15, 0.2) is 12.6 Å². The zero-order valence-corrected chi connectivity index (χ0v) is 19.0. The van der Waals surface area contributed by atoms with Crippen molar-refractivity contribution >= 4 is 35.8 Å². The van der Waals surface area contributed by atoms with Crippen LogP contribution in [0.15, 0.2) is 53.5 Å². The second-order valence-corrected chi connectivity index (χ2v) is 6.12. The van der Waals surface area contributed by atoms with Crippen LogP contribution in [0.4, 0.5) is 4.39 Å². The van der Waals surface area contributed by atoms with Crippen molar-refractivity contribution in [3.05, 3.63) is 65.5 Å². The minimum absolute atomic E-state index is 0. The zero-order valence-electron chi connectivity index (χ0n) is 16.7. The highest BCUT2D eigenvalue weighted by atomic mass is 127. The first-order valence-corrected chi connectivity index (χ1v) is 9.28. The number of nitrogens with one attached hydrogen (secondary N) is 3. The van der Waals surface area contributed by atoms with Crippen molar-refractivity contribution in [3.8, 4) is 5.75 Å². The highest BCUT2D eigenvalue weighted by Crippen LogP contribution is 2.13. The molecule has 0 fully saturated rings. The third-order valence-corrected chi connectivity index (χ3v) is 3.95. The summed E-state index contributed by atoms with van der Waals surface area (Å²) in [4.78, 5) is 15.7. The maximum Gasteiger partial charge on any atom is 0.257 e. The minimum atomic E-state index is -0.230. The Hall–Kier alpha value is -2.36. The molecule has 0 spiro atoms. The Kier molecular flexibility index (Phi) is 11.7. The molecule has 3 N–H and O–H groups in total. The van der Waals surface area contributed by atoms with Crippen LogP contribution in [0, 0.1) is 5.82 Å². The molecule has 0 heterocycles. The van der Waals surface area contributed by atoms with Gasteiger partial charge in [-0.25, -0.2) is 4.39 Å². The zero-order chi connectivity index (χ0) is 20.2. The van der Waals surface area contributed by atoms with E-state index in [2.05, 4.69) is 20.9 Å². The van der Waals surface area contributed by atoms with Crippen molar-refractivity contribution in [2.75, 3.05) is 26.7 Å². The van der Waals surface area contributed by atoms with Crippen LogP contribution in [-0.4, -0.2) is 38.6 Å². The van der Waals surface area contributed by atoms with Crippen molar-refractivity contribution in [1.29, 1.82) is 0 Å². The monoisotopic (exact) mass is 514 g/mol. The molecule has 6 nitrogen and oxygen atoms in total. The molecule has 2 rings (SSSR count). The Morgan fingerprint density at radius 2 is 1.83 bits per heavy atom. The van der Waals surface area contributed by atoms with Crippen LogP contribution < -0.4 is 20.7 Å². The van der Waals surface area contributed by atoms with Gasteiger partial charge >= 0.3 is 0 Å². The summed E-state index contributed by atoms with van der Waals surface area (Å²) in [6, 6.07) is 14.0. The molecule has 0 radical (unpaired) electrons. The van der Waals surface area contributed by atoms with Crippen LogP contribution >= 0.6 is 24.0 Å². The van der Waals surface area contributed by atoms with E-state index in [0.717, 1.165) is 17.5 Å². The number of hydrogen-bond donors (Lipinski definition) is 3. The normalized spacial score (nSPS) is 10.7. The molecule has 0 aliphatic rings. The van der Waals surface area contributed by atoms with Gasteiger partial charge in [-0.3, -0.25) is 9.79 Å². The summed E-state index contributed by atoms with van der Waals surface area (Å²) in [6.07, 6.45) is 0.768. The number of likely N-dealkylation sites (N-methyl/N-ethyl adjacent to an activating group) is 1.